The van der Waals surface area contributed by atoms with E-state index < -0.39 is 0 Å². The third-order valence-corrected chi connectivity index (χ3v) is 5.25. The average Bonchev–Trinajstić information content (AvgIpc) is 2.99. The maximum absolute atomic E-state index is 13.5. The number of amides is 2. The van der Waals surface area contributed by atoms with Gasteiger partial charge in [-0.2, -0.15) is 0 Å². The topological polar surface area (TPSA) is 71.5 Å². The van der Waals surface area contributed by atoms with Crippen LogP contribution >= 0.6 is 0 Å². The Morgan fingerprint density at radius 1 is 1.00 bits per heavy atom. The SMILES string of the molecule is COc1ccccc1NC1=C(c2ccc(C)cc2C)C(=O)N(Cc2cccnc2)C1=O. The largest absolute Gasteiger partial charge is 0.495 e. The lowest BCUT2D eigenvalue weighted by Gasteiger charge is -2.15. The van der Waals surface area contributed by atoms with Crippen LogP contribution in [0.5, 0.6) is 5.75 Å². The van der Waals surface area contributed by atoms with Crippen molar-refractivity contribution in [2.24, 2.45) is 0 Å². The molecule has 0 fully saturated rings. The first-order valence-corrected chi connectivity index (χ1v) is 9.96. The highest BCUT2D eigenvalue weighted by Crippen LogP contribution is 2.35. The van der Waals surface area contributed by atoms with E-state index in [1.807, 2.05) is 56.3 Å². The number of anilines is 1. The highest BCUT2D eigenvalue weighted by molar-refractivity contribution is 6.36. The highest BCUT2D eigenvalue weighted by atomic mass is 16.5. The molecule has 2 amide bonds. The number of nitrogens with zero attached hydrogens (tertiary/aromatic N) is 2. The van der Waals surface area contributed by atoms with E-state index in [0.29, 0.717) is 17.0 Å². The molecule has 1 aliphatic rings. The lowest BCUT2D eigenvalue weighted by atomic mass is 9.97. The third kappa shape index (κ3) is 3.92. The molecule has 4 rings (SSSR count). The zero-order valence-electron chi connectivity index (χ0n) is 17.7. The summed E-state index contributed by atoms with van der Waals surface area (Å²) in [7, 11) is 1.57. The zero-order valence-corrected chi connectivity index (χ0v) is 17.7. The quantitative estimate of drug-likeness (QED) is 0.616. The Kier molecular flexibility index (Phi) is 5.54. The molecule has 0 radical (unpaired) electrons. The van der Waals surface area contributed by atoms with Crippen molar-refractivity contribution in [2.45, 2.75) is 20.4 Å². The van der Waals surface area contributed by atoms with E-state index in [2.05, 4.69) is 10.3 Å². The Morgan fingerprint density at radius 3 is 2.52 bits per heavy atom. The van der Waals surface area contributed by atoms with Crippen LogP contribution in [0.1, 0.15) is 22.3 Å². The van der Waals surface area contributed by atoms with Gasteiger partial charge in [-0.15, -0.1) is 0 Å². The van der Waals surface area contributed by atoms with E-state index in [1.54, 1.807) is 31.6 Å². The molecule has 31 heavy (non-hydrogen) atoms. The minimum absolute atomic E-state index is 0.150. The average molecular weight is 413 g/mol. The Hall–Kier alpha value is -3.93. The summed E-state index contributed by atoms with van der Waals surface area (Å²) in [5.74, 6) is -0.131. The van der Waals surface area contributed by atoms with Crippen LogP contribution < -0.4 is 10.1 Å². The number of para-hydroxylation sites is 2. The maximum atomic E-state index is 13.5. The van der Waals surface area contributed by atoms with Crippen molar-refractivity contribution in [1.82, 2.24) is 9.88 Å². The number of methoxy groups -OCH3 is 1. The van der Waals surface area contributed by atoms with Gasteiger partial charge in [0, 0.05) is 12.4 Å². The van der Waals surface area contributed by atoms with Crippen LogP contribution in [-0.4, -0.2) is 28.8 Å². The molecule has 0 unspecified atom stereocenters. The van der Waals surface area contributed by atoms with Gasteiger partial charge in [0.05, 0.1) is 24.9 Å². The number of carbonyl (C=O) groups is 2. The van der Waals surface area contributed by atoms with Gasteiger partial charge in [0.15, 0.2) is 0 Å². The molecule has 0 spiro atoms. The zero-order chi connectivity index (χ0) is 22.0. The summed E-state index contributed by atoms with van der Waals surface area (Å²) in [4.78, 5) is 32.2. The molecule has 156 valence electrons. The number of hydrogen-bond acceptors (Lipinski definition) is 5. The second-order valence-corrected chi connectivity index (χ2v) is 7.45. The standard InChI is InChI=1S/C25H23N3O3/c1-16-10-11-19(17(2)13-16)22-23(27-20-8-4-5-9-21(20)31-3)25(30)28(24(22)29)15-18-7-6-12-26-14-18/h4-14,27H,15H2,1-3H3. The minimum Gasteiger partial charge on any atom is -0.495 e. The number of aromatic nitrogens is 1. The molecule has 0 atom stereocenters. The molecule has 3 aromatic rings. The van der Waals surface area contributed by atoms with Gasteiger partial charge < -0.3 is 10.1 Å². The summed E-state index contributed by atoms with van der Waals surface area (Å²) in [6.45, 7) is 4.09. The number of nitrogens with one attached hydrogen (secondary N) is 1. The Morgan fingerprint density at radius 2 is 1.81 bits per heavy atom. The second kappa shape index (κ2) is 8.44. The fraction of sp³-hybridized carbons (Fsp3) is 0.160. The molecular formula is C25H23N3O3. The number of benzene rings is 2. The number of imide groups is 1. The molecule has 1 aromatic heterocycles. The van der Waals surface area contributed by atoms with Crippen molar-refractivity contribution < 1.29 is 14.3 Å². The molecular weight excluding hydrogens is 390 g/mol. The van der Waals surface area contributed by atoms with E-state index in [-0.39, 0.29) is 24.1 Å². The fourth-order valence-corrected chi connectivity index (χ4v) is 3.74. The summed E-state index contributed by atoms with van der Waals surface area (Å²) < 4.78 is 5.42. The summed E-state index contributed by atoms with van der Waals surface area (Å²) >= 11 is 0. The van der Waals surface area contributed by atoms with Gasteiger partial charge in [0.1, 0.15) is 11.4 Å². The van der Waals surface area contributed by atoms with Gasteiger partial charge in [0.25, 0.3) is 11.8 Å². The van der Waals surface area contributed by atoms with Gasteiger partial charge in [-0.25, -0.2) is 0 Å². The molecule has 2 heterocycles. The summed E-state index contributed by atoms with van der Waals surface area (Å²) in [6, 6.07) is 16.8. The predicted molar refractivity (Wildman–Crippen MR) is 119 cm³/mol. The predicted octanol–water partition coefficient (Wildman–Crippen LogP) is 4.10. The van der Waals surface area contributed by atoms with Crippen molar-refractivity contribution in [3.05, 3.63) is 94.9 Å². The number of ether oxygens (including phenoxy) is 1. The van der Waals surface area contributed by atoms with Crippen molar-refractivity contribution in [2.75, 3.05) is 12.4 Å². The van der Waals surface area contributed by atoms with E-state index in [4.69, 9.17) is 4.74 Å². The summed E-state index contributed by atoms with van der Waals surface area (Å²) in [5, 5.41) is 3.17. The van der Waals surface area contributed by atoms with E-state index >= 15 is 0 Å². The first-order valence-electron chi connectivity index (χ1n) is 9.96. The molecule has 0 aliphatic carbocycles. The van der Waals surface area contributed by atoms with Crippen LogP contribution in [0.4, 0.5) is 5.69 Å². The minimum atomic E-state index is -0.380. The van der Waals surface area contributed by atoms with Crippen LogP contribution in [0.15, 0.2) is 72.7 Å². The number of aryl methyl sites for hydroxylation is 2. The van der Waals surface area contributed by atoms with Crippen molar-refractivity contribution in [3.63, 3.8) is 0 Å². The van der Waals surface area contributed by atoms with Gasteiger partial charge in [-0.05, 0) is 48.7 Å². The van der Waals surface area contributed by atoms with Gasteiger partial charge >= 0.3 is 0 Å². The number of hydrogen-bond donors (Lipinski definition) is 1. The smallest absolute Gasteiger partial charge is 0.278 e. The van der Waals surface area contributed by atoms with Crippen LogP contribution in [0.3, 0.4) is 0 Å². The van der Waals surface area contributed by atoms with E-state index in [9.17, 15) is 9.59 Å². The van der Waals surface area contributed by atoms with Crippen LogP contribution in [0, 0.1) is 13.8 Å². The molecule has 0 saturated carbocycles. The Balaban J connectivity index is 1.80. The van der Waals surface area contributed by atoms with Gasteiger partial charge in [0.2, 0.25) is 0 Å². The van der Waals surface area contributed by atoms with Crippen molar-refractivity contribution >= 4 is 23.1 Å². The third-order valence-electron chi connectivity index (χ3n) is 5.25. The second-order valence-electron chi connectivity index (χ2n) is 7.45. The monoisotopic (exact) mass is 413 g/mol. The molecule has 0 bridgehead atoms. The maximum Gasteiger partial charge on any atom is 0.278 e. The lowest BCUT2D eigenvalue weighted by molar-refractivity contribution is -0.137. The highest BCUT2D eigenvalue weighted by Gasteiger charge is 2.40. The van der Waals surface area contributed by atoms with Crippen LogP contribution in [-0.2, 0) is 16.1 Å². The van der Waals surface area contributed by atoms with Crippen molar-refractivity contribution in [3.8, 4) is 5.75 Å². The van der Waals surface area contributed by atoms with Crippen LogP contribution in [0.2, 0.25) is 0 Å². The first-order chi connectivity index (χ1) is 15.0. The lowest BCUT2D eigenvalue weighted by Crippen LogP contribution is -2.32. The molecule has 1 aliphatic heterocycles. The molecule has 2 aromatic carbocycles. The molecule has 6 nitrogen and oxygen atoms in total. The molecule has 6 heteroatoms. The van der Waals surface area contributed by atoms with Crippen molar-refractivity contribution in [1.29, 1.82) is 0 Å². The molecule has 0 saturated heterocycles. The Bertz CT molecular complexity index is 1190. The first kappa shape index (κ1) is 20.3. The number of rotatable bonds is 6. The van der Waals surface area contributed by atoms with Gasteiger partial charge in [-0.3, -0.25) is 19.5 Å². The summed E-state index contributed by atoms with van der Waals surface area (Å²) in [6.07, 6.45) is 3.31. The fourth-order valence-electron chi connectivity index (χ4n) is 3.74. The van der Waals surface area contributed by atoms with E-state index in [1.165, 1.54) is 4.90 Å². The Labute approximate surface area is 181 Å². The number of pyridine rings is 1. The normalized spacial score (nSPS) is 13.7. The summed E-state index contributed by atoms with van der Waals surface area (Å²) in [5.41, 5.74) is 4.75. The van der Waals surface area contributed by atoms with E-state index in [0.717, 1.165) is 22.3 Å². The van der Waals surface area contributed by atoms with Crippen LogP contribution in [0.25, 0.3) is 5.57 Å². The number of carbonyl (C=O) groups excluding carboxylic acids is 2. The van der Waals surface area contributed by atoms with Gasteiger partial charge in [-0.1, -0.05) is 42.0 Å². The molecule has 1 N–H and O–H groups in total.